The van der Waals surface area contributed by atoms with Crippen LogP contribution in [0.4, 0.5) is 18.9 Å². The summed E-state index contributed by atoms with van der Waals surface area (Å²) in [5.41, 5.74) is 3.75. The van der Waals surface area contributed by atoms with E-state index in [-0.39, 0.29) is 5.91 Å². The molecule has 1 atom stereocenters. The molecule has 0 bridgehead atoms. The standard InChI is InChI=1S/C22H25N5O.C2HF3O2/c1-15-6-8-18(9-7-15)22(28)24-20-5-3-4-17(12-20)14-23-19-10-11-27-16(2)25-26-21(27)13-19;3-2(4,5)1(6)7/h3-9,12,19,23H,10-11,13-14H2,1-2H3,(H,24,28);(H,6,7). The lowest BCUT2D eigenvalue weighted by molar-refractivity contribution is -0.192. The average molecular weight is 489 g/mol. The van der Waals surface area contributed by atoms with E-state index in [0.717, 1.165) is 54.4 Å². The molecule has 2 heterocycles. The van der Waals surface area contributed by atoms with Gasteiger partial charge in [0, 0.05) is 36.8 Å². The van der Waals surface area contributed by atoms with E-state index in [4.69, 9.17) is 9.90 Å². The number of carbonyl (C=O) groups is 2. The number of hydrogen-bond donors (Lipinski definition) is 3. The Morgan fingerprint density at radius 1 is 1.11 bits per heavy atom. The Hall–Kier alpha value is -3.73. The van der Waals surface area contributed by atoms with Crippen molar-refractivity contribution >= 4 is 17.6 Å². The van der Waals surface area contributed by atoms with Crippen molar-refractivity contribution in [1.29, 1.82) is 0 Å². The SMILES string of the molecule is Cc1ccc(C(=O)Nc2cccc(CNC3CCn4c(C)nnc4C3)c2)cc1.O=C(O)C(F)(F)F. The van der Waals surface area contributed by atoms with Gasteiger partial charge in [-0.2, -0.15) is 13.2 Å². The van der Waals surface area contributed by atoms with Crippen LogP contribution in [0.25, 0.3) is 0 Å². The van der Waals surface area contributed by atoms with E-state index in [1.807, 2.05) is 56.3 Å². The molecule has 0 spiro atoms. The van der Waals surface area contributed by atoms with Gasteiger partial charge in [0.2, 0.25) is 0 Å². The maximum Gasteiger partial charge on any atom is 0.490 e. The van der Waals surface area contributed by atoms with Crippen LogP contribution in [0.5, 0.6) is 0 Å². The van der Waals surface area contributed by atoms with Crippen molar-refractivity contribution in [3.8, 4) is 0 Å². The first-order valence-electron chi connectivity index (χ1n) is 10.9. The highest BCUT2D eigenvalue weighted by Crippen LogP contribution is 2.17. The molecule has 1 aliphatic heterocycles. The summed E-state index contributed by atoms with van der Waals surface area (Å²) in [5, 5.41) is 22.2. The molecule has 0 radical (unpaired) electrons. The Balaban J connectivity index is 0.000000429. The second-order valence-electron chi connectivity index (χ2n) is 8.21. The fourth-order valence-corrected chi connectivity index (χ4v) is 3.58. The van der Waals surface area contributed by atoms with Crippen molar-refractivity contribution in [1.82, 2.24) is 20.1 Å². The highest BCUT2D eigenvalue weighted by atomic mass is 19.4. The highest BCUT2D eigenvalue weighted by Gasteiger charge is 2.38. The summed E-state index contributed by atoms with van der Waals surface area (Å²) in [6, 6.07) is 16.0. The number of fused-ring (bicyclic) bond motifs is 1. The molecule has 11 heteroatoms. The number of hydrogen-bond acceptors (Lipinski definition) is 5. The van der Waals surface area contributed by atoms with Crippen molar-refractivity contribution in [3.63, 3.8) is 0 Å². The van der Waals surface area contributed by atoms with Gasteiger partial charge in [-0.15, -0.1) is 10.2 Å². The van der Waals surface area contributed by atoms with Crippen molar-refractivity contribution < 1.29 is 27.9 Å². The molecular weight excluding hydrogens is 463 g/mol. The second kappa shape index (κ2) is 11.1. The summed E-state index contributed by atoms with van der Waals surface area (Å²) >= 11 is 0. The number of aliphatic carboxylic acids is 1. The fourth-order valence-electron chi connectivity index (χ4n) is 3.58. The van der Waals surface area contributed by atoms with Gasteiger partial charge in [-0.05, 0) is 50.1 Å². The zero-order valence-corrected chi connectivity index (χ0v) is 19.3. The predicted octanol–water partition coefficient (Wildman–Crippen LogP) is 3.89. The fraction of sp³-hybridized carbons (Fsp3) is 0.333. The van der Waals surface area contributed by atoms with Crippen molar-refractivity contribution in [2.45, 2.75) is 52.0 Å². The normalized spacial score (nSPS) is 14.9. The van der Waals surface area contributed by atoms with E-state index in [2.05, 4.69) is 31.5 Å². The monoisotopic (exact) mass is 489 g/mol. The summed E-state index contributed by atoms with van der Waals surface area (Å²) in [6.45, 7) is 5.72. The Morgan fingerprint density at radius 2 is 1.80 bits per heavy atom. The third-order valence-corrected chi connectivity index (χ3v) is 5.48. The summed E-state index contributed by atoms with van der Waals surface area (Å²) in [7, 11) is 0. The number of aryl methyl sites for hydroxylation is 2. The molecule has 3 N–H and O–H groups in total. The van der Waals surface area contributed by atoms with Crippen LogP contribution in [0.15, 0.2) is 48.5 Å². The Morgan fingerprint density at radius 3 is 2.46 bits per heavy atom. The van der Waals surface area contributed by atoms with Gasteiger partial charge in [0.1, 0.15) is 11.6 Å². The highest BCUT2D eigenvalue weighted by molar-refractivity contribution is 6.04. The molecule has 4 rings (SSSR count). The second-order valence-corrected chi connectivity index (χ2v) is 8.21. The molecule has 2 aromatic carbocycles. The molecule has 1 unspecified atom stereocenters. The summed E-state index contributed by atoms with van der Waals surface area (Å²) in [6.07, 6.45) is -3.12. The Kier molecular flexibility index (Phi) is 8.23. The number of nitrogens with zero attached hydrogens (tertiary/aromatic N) is 3. The van der Waals surface area contributed by atoms with E-state index in [1.165, 1.54) is 0 Å². The molecule has 35 heavy (non-hydrogen) atoms. The number of benzene rings is 2. The number of rotatable bonds is 5. The number of anilines is 1. The van der Waals surface area contributed by atoms with Crippen molar-refractivity contribution in [2.24, 2.45) is 0 Å². The van der Waals surface area contributed by atoms with Crippen LogP contribution in [-0.4, -0.2) is 44.0 Å². The third kappa shape index (κ3) is 7.38. The zero-order valence-electron chi connectivity index (χ0n) is 19.3. The molecule has 186 valence electrons. The first-order chi connectivity index (χ1) is 16.5. The lowest BCUT2D eigenvalue weighted by atomic mass is 10.1. The number of carboxylic acid groups (broad SMARTS) is 1. The van der Waals surface area contributed by atoms with Crippen LogP contribution in [0.1, 0.15) is 39.6 Å². The van der Waals surface area contributed by atoms with Gasteiger partial charge >= 0.3 is 12.1 Å². The number of halogens is 3. The van der Waals surface area contributed by atoms with E-state index in [1.54, 1.807) is 0 Å². The quantitative estimate of drug-likeness (QED) is 0.502. The van der Waals surface area contributed by atoms with Gasteiger partial charge in [0.05, 0.1) is 0 Å². The van der Waals surface area contributed by atoms with Gasteiger partial charge < -0.3 is 20.3 Å². The van der Waals surface area contributed by atoms with Crippen LogP contribution >= 0.6 is 0 Å². The van der Waals surface area contributed by atoms with Crippen molar-refractivity contribution in [3.05, 3.63) is 76.9 Å². The molecule has 8 nitrogen and oxygen atoms in total. The molecule has 1 amide bonds. The Bertz CT molecular complexity index is 1180. The zero-order chi connectivity index (χ0) is 25.6. The largest absolute Gasteiger partial charge is 0.490 e. The molecule has 0 aliphatic carbocycles. The average Bonchev–Trinajstić information content (AvgIpc) is 3.18. The minimum Gasteiger partial charge on any atom is -0.475 e. The maximum atomic E-state index is 12.4. The molecule has 0 saturated heterocycles. The van der Waals surface area contributed by atoms with E-state index >= 15 is 0 Å². The van der Waals surface area contributed by atoms with Gasteiger partial charge in [-0.3, -0.25) is 4.79 Å². The summed E-state index contributed by atoms with van der Waals surface area (Å²) < 4.78 is 33.9. The molecule has 1 aliphatic rings. The maximum absolute atomic E-state index is 12.4. The smallest absolute Gasteiger partial charge is 0.475 e. The minimum absolute atomic E-state index is 0.0907. The molecular formula is C24H26F3N5O3. The van der Waals surface area contributed by atoms with E-state index < -0.39 is 12.1 Å². The molecule has 1 aromatic heterocycles. The van der Waals surface area contributed by atoms with Gasteiger partial charge in [0.15, 0.2) is 0 Å². The molecule has 3 aromatic rings. The molecule has 0 saturated carbocycles. The number of nitrogens with one attached hydrogen (secondary N) is 2. The first-order valence-corrected chi connectivity index (χ1v) is 10.9. The van der Waals surface area contributed by atoms with Crippen LogP contribution in [-0.2, 0) is 24.3 Å². The lowest BCUT2D eigenvalue weighted by Crippen LogP contribution is -2.36. The number of alkyl halides is 3. The third-order valence-electron chi connectivity index (χ3n) is 5.48. The number of carboxylic acids is 1. The topological polar surface area (TPSA) is 109 Å². The van der Waals surface area contributed by atoms with Gasteiger partial charge in [-0.25, -0.2) is 4.79 Å². The van der Waals surface area contributed by atoms with Gasteiger partial charge in [-0.1, -0.05) is 29.8 Å². The minimum atomic E-state index is -5.08. The molecule has 0 fully saturated rings. The summed E-state index contributed by atoms with van der Waals surface area (Å²) in [5.74, 6) is -0.801. The van der Waals surface area contributed by atoms with Crippen molar-refractivity contribution in [2.75, 3.05) is 5.32 Å². The number of amides is 1. The van der Waals surface area contributed by atoms with Crippen LogP contribution < -0.4 is 10.6 Å². The predicted molar refractivity (Wildman–Crippen MR) is 123 cm³/mol. The summed E-state index contributed by atoms with van der Waals surface area (Å²) in [4.78, 5) is 21.3. The van der Waals surface area contributed by atoms with E-state index in [9.17, 15) is 18.0 Å². The van der Waals surface area contributed by atoms with Gasteiger partial charge in [0.25, 0.3) is 5.91 Å². The number of carbonyl (C=O) groups excluding carboxylic acids is 1. The number of aromatic nitrogens is 3. The van der Waals surface area contributed by atoms with Crippen LogP contribution in [0, 0.1) is 13.8 Å². The van der Waals surface area contributed by atoms with Crippen LogP contribution in [0.2, 0.25) is 0 Å². The van der Waals surface area contributed by atoms with Crippen LogP contribution in [0.3, 0.4) is 0 Å². The first kappa shape index (κ1) is 25.9. The lowest BCUT2D eigenvalue weighted by Gasteiger charge is -2.24. The van der Waals surface area contributed by atoms with E-state index in [0.29, 0.717) is 11.6 Å². The Labute approximate surface area is 200 Å².